The molecule has 0 atom stereocenters. The molecule has 0 saturated carbocycles. The highest BCUT2D eigenvalue weighted by molar-refractivity contribution is 5.74. The molecular weight excluding hydrogens is 242 g/mol. The van der Waals surface area contributed by atoms with E-state index in [1.54, 1.807) is 0 Å². The molecular formula is C19H19N. The predicted molar refractivity (Wildman–Crippen MR) is 85.3 cm³/mol. The summed E-state index contributed by atoms with van der Waals surface area (Å²) in [6, 6.07) is 21.2. The van der Waals surface area contributed by atoms with Crippen molar-refractivity contribution in [1.82, 2.24) is 4.90 Å². The van der Waals surface area contributed by atoms with Crippen molar-refractivity contribution in [3.05, 3.63) is 90.1 Å². The Kier molecular flexibility index (Phi) is 3.98. The zero-order chi connectivity index (χ0) is 13.6. The molecule has 1 aliphatic heterocycles. The van der Waals surface area contributed by atoms with Crippen molar-refractivity contribution in [3.63, 3.8) is 0 Å². The minimum Gasteiger partial charge on any atom is -0.373 e. The van der Waals surface area contributed by atoms with Gasteiger partial charge in [-0.15, -0.1) is 0 Å². The maximum atomic E-state index is 2.38. The summed E-state index contributed by atoms with van der Waals surface area (Å²) in [7, 11) is 0. The van der Waals surface area contributed by atoms with Crippen molar-refractivity contribution in [3.8, 4) is 0 Å². The van der Waals surface area contributed by atoms with Crippen LogP contribution in [-0.4, -0.2) is 18.0 Å². The van der Waals surface area contributed by atoms with Crippen LogP contribution >= 0.6 is 0 Å². The Labute approximate surface area is 120 Å². The first-order valence-electron chi connectivity index (χ1n) is 7.13. The van der Waals surface area contributed by atoms with Gasteiger partial charge in [0.1, 0.15) is 0 Å². The Bertz CT molecular complexity index is 596. The summed E-state index contributed by atoms with van der Waals surface area (Å²) >= 11 is 0. The fraction of sp³-hybridized carbons (Fsp3) is 0.158. The van der Waals surface area contributed by atoms with Crippen molar-refractivity contribution in [1.29, 1.82) is 0 Å². The molecule has 0 aliphatic carbocycles. The SMILES string of the molecule is C1=CC(c2ccccc2)=CN(CCc2ccccc2)C1. The van der Waals surface area contributed by atoms with Crippen molar-refractivity contribution in [2.24, 2.45) is 0 Å². The van der Waals surface area contributed by atoms with Gasteiger partial charge in [0, 0.05) is 19.3 Å². The second-order valence-corrected chi connectivity index (χ2v) is 5.08. The average molecular weight is 261 g/mol. The molecule has 0 fully saturated rings. The molecule has 0 bridgehead atoms. The second kappa shape index (κ2) is 6.25. The first kappa shape index (κ1) is 12.7. The molecule has 0 N–H and O–H groups in total. The van der Waals surface area contributed by atoms with Gasteiger partial charge in [-0.1, -0.05) is 72.8 Å². The number of allylic oxidation sites excluding steroid dienone is 2. The molecule has 1 heterocycles. The number of rotatable bonds is 4. The molecule has 0 saturated heterocycles. The molecule has 2 aromatic carbocycles. The quantitative estimate of drug-likeness (QED) is 0.799. The maximum Gasteiger partial charge on any atom is 0.0357 e. The van der Waals surface area contributed by atoms with Crippen LogP contribution < -0.4 is 0 Å². The van der Waals surface area contributed by atoms with E-state index in [2.05, 4.69) is 83.9 Å². The highest BCUT2D eigenvalue weighted by Gasteiger charge is 2.06. The zero-order valence-electron chi connectivity index (χ0n) is 11.6. The van der Waals surface area contributed by atoms with Crippen LogP contribution in [0.15, 0.2) is 79.0 Å². The Balaban J connectivity index is 1.67. The van der Waals surface area contributed by atoms with Crippen molar-refractivity contribution < 1.29 is 0 Å². The monoisotopic (exact) mass is 261 g/mol. The minimum atomic E-state index is 1.00. The van der Waals surface area contributed by atoms with Gasteiger partial charge in [-0.3, -0.25) is 0 Å². The van der Waals surface area contributed by atoms with Crippen LogP contribution in [0.4, 0.5) is 0 Å². The smallest absolute Gasteiger partial charge is 0.0357 e. The van der Waals surface area contributed by atoms with Crippen LogP contribution in [0.3, 0.4) is 0 Å². The van der Waals surface area contributed by atoms with Gasteiger partial charge in [-0.25, -0.2) is 0 Å². The minimum absolute atomic E-state index is 1.00. The van der Waals surface area contributed by atoms with Gasteiger partial charge in [0.05, 0.1) is 0 Å². The molecule has 2 aromatic rings. The summed E-state index contributed by atoms with van der Waals surface area (Å²) in [6.45, 7) is 2.06. The Hall–Kier alpha value is -2.28. The van der Waals surface area contributed by atoms with Gasteiger partial charge in [-0.2, -0.15) is 0 Å². The number of nitrogens with zero attached hydrogens (tertiary/aromatic N) is 1. The normalized spacial score (nSPS) is 14.2. The summed E-state index contributed by atoms with van der Waals surface area (Å²) in [5.41, 5.74) is 3.98. The fourth-order valence-electron chi connectivity index (χ4n) is 2.48. The lowest BCUT2D eigenvalue weighted by Gasteiger charge is -2.23. The van der Waals surface area contributed by atoms with E-state index in [0.29, 0.717) is 0 Å². The van der Waals surface area contributed by atoms with E-state index in [0.717, 1.165) is 19.5 Å². The van der Waals surface area contributed by atoms with Gasteiger partial charge in [0.15, 0.2) is 0 Å². The average Bonchev–Trinajstić information content (AvgIpc) is 2.55. The van der Waals surface area contributed by atoms with Crippen molar-refractivity contribution in [2.45, 2.75) is 6.42 Å². The van der Waals surface area contributed by atoms with E-state index in [9.17, 15) is 0 Å². The third kappa shape index (κ3) is 3.18. The Morgan fingerprint density at radius 1 is 0.850 bits per heavy atom. The number of hydrogen-bond acceptors (Lipinski definition) is 1. The first-order valence-corrected chi connectivity index (χ1v) is 7.13. The topological polar surface area (TPSA) is 3.24 Å². The highest BCUT2D eigenvalue weighted by Crippen LogP contribution is 2.19. The van der Waals surface area contributed by atoms with Crippen LogP contribution in [0.1, 0.15) is 11.1 Å². The number of hydrogen-bond donors (Lipinski definition) is 0. The van der Waals surface area contributed by atoms with Crippen molar-refractivity contribution >= 4 is 5.57 Å². The number of benzene rings is 2. The van der Waals surface area contributed by atoms with Crippen LogP contribution in [0.25, 0.3) is 5.57 Å². The largest absolute Gasteiger partial charge is 0.373 e. The molecule has 0 radical (unpaired) electrons. The van der Waals surface area contributed by atoms with E-state index in [4.69, 9.17) is 0 Å². The van der Waals surface area contributed by atoms with Gasteiger partial charge >= 0.3 is 0 Å². The molecule has 0 amide bonds. The molecule has 1 heteroatoms. The summed E-state index contributed by atoms with van der Waals surface area (Å²) < 4.78 is 0. The van der Waals surface area contributed by atoms with Gasteiger partial charge in [0.2, 0.25) is 0 Å². The third-order valence-corrected chi connectivity index (χ3v) is 3.60. The fourth-order valence-corrected chi connectivity index (χ4v) is 2.48. The van der Waals surface area contributed by atoms with Crippen LogP contribution in [-0.2, 0) is 6.42 Å². The van der Waals surface area contributed by atoms with Crippen LogP contribution in [0, 0.1) is 0 Å². The highest BCUT2D eigenvalue weighted by atomic mass is 15.1. The second-order valence-electron chi connectivity index (χ2n) is 5.08. The van der Waals surface area contributed by atoms with Crippen molar-refractivity contribution in [2.75, 3.05) is 13.1 Å². The summed E-state index contributed by atoms with van der Waals surface area (Å²) in [5.74, 6) is 0. The molecule has 1 nitrogen and oxygen atoms in total. The molecule has 0 aromatic heterocycles. The van der Waals surface area contributed by atoms with Crippen LogP contribution in [0.5, 0.6) is 0 Å². The Morgan fingerprint density at radius 3 is 2.30 bits per heavy atom. The maximum absolute atomic E-state index is 2.38. The van der Waals surface area contributed by atoms with E-state index in [1.165, 1.54) is 16.7 Å². The van der Waals surface area contributed by atoms with E-state index in [1.807, 2.05) is 0 Å². The lowest BCUT2D eigenvalue weighted by atomic mass is 10.0. The third-order valence-electron chi connectivity index (χ3n) is 3.60. The molecule has 100 valence electrons. The predicted octanol–water partition coefficient (Wildman–Crippen LogP) is 4.14. The van der Waals surface area contributed by atoms with Gasteiger partial charge in [-0.05, 0) is 23.1 Å². The van der Waals surface area contributed by atoms with Gasteiger partial charge < -0.3 is 4.90 Å². The molecule has 20 heavy (non-hydrogen) atoms. The summed E-state index contributed by atoms with van der Waals surface area (Å²) in [4.78, 5) is 2.38. The van der Waals surface area contributed by atoms with E-state index in [-0.39, 0.29) is 0 Å². The molecule has 1 aliphatic rings. The molecule has 0 spiro atoms. The molecule has 3 rings (SSSR count). The summed E-state index contributed by atoms with van der Waals surface area (Å²) in [6.07, 6.45) is 7.83. The summed E-state index contributed by atoms with van der Waals surface area (Å²) in [5, 5.41) is 0. The van der Waals surface area contributed by atoms with E-state index >= 15 is 0 Å². The standard InChI is InChI=1S/C19H19N/c1-3-8-17(9-4-1)13-15-20-14-7-12-19(16-20)18-10-5-2-6-11-18/h1-12,16H,13-15H2. The molecule has 0 unspecified atom stereocenters. The Morgan fingerprint density at radius 2 is 1.55 bits per heavy atom. The zero-order valence-corrected chi connectivity index (χ0v) is 11.6. The lowest BCUT2D eigenvalue weighted by molar-refractivity contribution is 0.418. The lowest BCUT2D eigenvalue weighted by Crippen LogP contribution is -2.22. The van der Waals surface area contributed by atoms with Gasteiger partial charge in [0.25, 0.3) is 0 Å². The first-order chi connectivity index (χ1) is 9.92. The van der Waals surface area contributed by atoms with Crippen LogP contribution in [0.2, 0.25) is 0 Å². The van der Waals surface area contributed by atoms with E-state index < -0.39 is 0 Å².